The zero-order valence-corrected chi connectivity index (χ0v) is 13.1. The first-order valence-corrected chi connectivity index (χ1v) is 7.74. The Bertz CT molecular complexity index is 957. The van der Waals surface area contributed by atoms with Gasteiger partial charge in [-0.2, -0.15) is 0 Å². The fourth-order valence-electron chi connectivity index (χ4n) is 3.71. The van der Waals surface area contributed by atoms with E-state index < -0.39 is 5.97 Å². The van der Waals surface area contributed by atoms with Crippen LogP contribution in [0.4, 0.5) is 0 Å². The fraction of sp³-hybridized carbons (Fsp3) is 0.200. The molecule has 0 saturated heterocycles. The lowest BCUT2D eigenvalue weighted by molar-refractivity contribution is 0.0697. The number of hydrogen-bond acceptors (Lipinski definition) is 2. The third-order valence-corrected chi connectivity index (χ3v) is 4.74. The van der Waals surface area contributed by atoms with Crippen molar-refractivity contribution in [3.63, 3.8) is 0 Å². The third kappa shape index (κ3) is 1.96. The van der Waals surface area contributed by atoms with Crippen molar-refractivity contribution < 1.29 is 9.90 Å². The number of carbonyl (C=O) groups is 1. The molecule has 0 bridgehead atoms. The van der Waals surface area contributed by atoms with Gasteiger partial charge in [-0.3, -0.25) is 0 Å². The van der Waals surface area contributed by atoms with E-state index in [1.807, 2.05) is 42.5 Å². The number of benzene rings is 2. The van der Waals surface area contributed by atoms with E-state index in [9.17, 15) is 9.90 Å². The van der Waals surface area contributed by atoms with E-state index >= 15 is 0 Å². The average molecular weight is 303 g/mol. The molecule has 3 aromatic rings. The molecule has 0 spiro atoms. The lowest BCUT2D eigenvalue weighted by Crippen LogP contribution is -2.28. The summed E-state index contributed by atoms with van der Waals surface area (Å²) in [5.41, 5.74) is 4.96. The average Bonchev–Trinajstić information content (AvgIpc) is 2.53. The van der Waals surface area contributed by atoms with Crippen molar-refractivity contribution in [2.75, 3.05) is 0 Å². The van der Waals surface area contributed by atoms with E-state index in [4.69, 9.17) is 4.98 Å². The zero-order chi connectivity index (χ0) is 16.2. The van der Waals surface area contributed by atoms with Crippen molar-refractivity contribution >= 4 is 16.9 Å². The van der Waals surface area contributed by atoms with Gasteiger partial charge in [-0.15, -0.1) is 0 Å². The highest BCUT2D eigenvalue weighted by Gasteiger charge is 2.34. The number of aromatic nitrogens is 1. The monoisotopic (exact) mass is 303 g/mol. The number of aromatic carboxylic acids is 1. The van der Waals surface area contributed by atoms with Gasteiger partial charge in [0.05, 0.1) is 16.8 Å². The standard InChI is InChI=1S/C20H17NO2/c1-20(2)11-14-17(19(22)23)13-8-4-6-10-16(13)21-18(14)12-7-3-5-9-15(12)20/h3-10H,11H2,1-2H3,(H,22,23). The maximum Gasteiger partial charge on any atom is 0.336 e. The highest BCUT2D eigenvalue weighted by atomic mass is 16.4. The van der Waals surface area contributed by atoms with Gasteiger partial charge in [-0.25, -0.2) is 9.78 Å². The molecule has 114 valence electrons. The Labute approximate surface area is 134 Å². The highest BCUT2D eigenvalue weighted by molar-refractivity contribution is 6.06. The molecule has 0 amide bonds. The van der Waals surface area contributed by atoms with Gasteiger partial charge in [0.2, 0.25) is 0 Å². The van der Waals surface area contributed by atoms with Crippen molar-refractivity contribution in [1.29, 1.82) is 0 Å². The summed E-state index contributed by atoms with van der Waals surface area (Å²) in [5.74, 6) is -0.880. The minimum absolute atomic E-state index is 0.113. The largest absolute Gasteiger partial charge is 0.478 e. The van der Waals surface area contributed by atoms with Gasteiger partial charge in [0, 0.05) is 10.9 Å². The Balaban J connectivity index is 2.18. The topological polar surface area (TPSA) is 50.2 Å². The van der Waals surface area contributed by atoms with Crippen LogP contribution in [0.1, 0.15) is 35.3 Å². The molecule has 3 heteroatoms. The smallest absolute Gasteiger partial charge is 0.336 e. The number of para-hydroxylation sites is 1. The Morgan fingerprint density at radius 2 is 1.78 bits per heavy atom. The summed E-state index contributed by atoms with van der Waals surface area (Å²) < 4.78 is 0. The molecule has 0 radical (unpaired) electrons. The van der Waals surface area contributed by atoms with Crippen LogP contribution in [-0.2, 0) is 11.8 Å². The first-order chi connectivity index (χ1) is 11.0. The number of rotatable bonds is 1. The minimum Gasteiger partial charge on any atom is -0.478 e. The molecule has 4 rings (SSSR count). The normalized spacial score (nSPS) is 15.0. The molecule has 0 aliphatic heterocycles. The summed E-state index contributed by atoms with van der Waals surface area (Å²) >= 11 is 0. The summed E-state index contributed by atoms with van der Waals surface area (Å²) in [6.07, 6.45) is 0.679. The zero-order valence-electron chi connectivity index (χ0n) is 13.1. The van der Waals surface area contributed by atoms with Crippen molar-refractivity contribution in [3.05, 3.63) is 65.2 Å². The van der Waals surface area contributed by atoms with Crippen molar-refractivity contribution in [2.24, 2.45) is 0 Å². The maximum absolute atomic E-state index is 12.0. The van der Waals surface area contributed by atoms with Crippen LogP contribution in [-0.4, -0.2) is 16.1 Å². The molecule has 0 atom stereocenters. The number of carboxylic acids is 1. The van der Waals surface area contributed by atoms with Gasteiger partial charge >= 0.3 is 5.97 Å². The molecule has 1 aliphatic carbocycles. The van der Waals surface area contributed by atoms with Crippen LogP contribution in [0, 0.1) is 0 Å². The van der Waals surface area contributed by atoms with Crippen LogP contribution in [0.3, 0.4) is 0 Å². The van der Waals surface area contributed by atoms with Gasteiger partial charge in [-0.05, 0) is 29.0 Å². The maximum atomic E-state index is 12.0. The number of fused-ring (bicyclic) bond motifs is 4. The molecule has 23 heavy (non-hydrogen) atoms. The second-order valence-corrected chi connectivity index (χ2v) is 6.74. The second-order valence-electron chi connectivity index (χ2n) is 6.74. The molecule has 1 aliphatic rings. The summed E-state index contributed by atoms with van der Waals surface area (Å²) in [4.78, 5) is 16.8. The van der Waals surface area contributed by atoms with Crippen molar-refractivity contribution in [2.45, 2.75) is 25.7 Å². The molecule has 1 N–H and O–H groups in total. The molecular weight excluding hydrogens is 286 g/mol. The van der Waals surface area contributed by atoms with Gasteiger partial charge < -0.3 is 5.11 Å². The second kappa shape index (κ2) is 4.66. The third-order valence-electron chi connectivity index (χ3n) is 4.74. The van der Waals surface area contributed by atoms with Gasteiger partial charge in [0.25, 0.3) is 0 Å². The summed E-state index contributed by atoms with van der Waals surface area (Å²) in [7, 11) is 0. The molecule has 1 heterocycles. The van der Waals surface area contributed by atoms with Gasteiger partial charge in [0.1, 0.15) is 0 Å². The fourth-order valence-corrected chi connectivity index (χ4v) is 3.71. The van der Waals surface area contributed by atoms with E-state index in [0.29, 0.717) is 17.4 Å². The lowest BCUT2D eigenvalue weighted by atomic mass is 9.70. The Kier molecular flexibility index (Phi) is 2.82. The molecular formula is C20H17NO2. The first kappa shape index (κ1) is 13.9. The molecule has 2 aromatic carbocycles. The highest BCUT2D eigenvalue weighted by Crippen LogP contribution is 2.44. The Morgan fingerprint density at radius 3 is 2.57 bits per heavy atom. The number of hydrogen-bond donors (Lipinski definition) is 1. The van der Waals surface area contributed by atoms with Crippen LogP contribution < -0.4 is 0 Å². The molecule has 0 unspecified atom stereocenters. The van der Waals surface area contributed by atoms with Crippen LogP contribution >= 0.6 is 0 Å². The van der Waals surface area contributed by atoms with Crippen LogP contribution in [0.15, 0.2) is 48.5 Å². The summed E-state index contributed by atoms with van der Waals surface area (Å²) in [6, 6.07) is 15.7. The Morgan fingerprint density at radius 1 is 1.09 bits per heavy atom. The van der Waals surface area contributed by atoms with E-state index in [-0.39, 0.29) is 5.41 Å². The van der Waals surface area contributed by atoms with E-state index in [1.165, 1.54) is 5.56 Å². The number of pyridine rings is 1. The van der Waals surface area contributed by atoms with Gasteiger partial charge in [-0.1, -0.05) is 56.3 Å². The van der Waals surface area contributed by atoms with Gasteiger partial charge in [0.15, 0.2) is 0 Å². The Hall–Kier alpha value is -2.68. The molecule has 1 aromatic heterocycles. The molecule has 0 saturated carbocycles. The summed E-state index contributed by atoms with van der Waals surface area (Å²) in [5, 5.41) is 10.5. The number of nitrogens with zero attached hydrogens (tertiary/aromatic N) is 1. The van der Waals surface area contributed by atoms with E-state index in [2.05, 4.69) is 19.9 Å². The minimum atomic E-state index is -0.880. The first-order valence-electron chi connectivity index (χ1n) is 7.74. The SMILES string of the molecule is CC1(C)Cc2c(nc3ccccc3c2C(=O)O)-c2ccccc21. The quantitative estimate of drug-likeness (QED) is 0.723. The van der Waals surface area contributed by atoms with Crippen molar-refractivity contribution in [1.82, 2.24) is 4.98 Å². The van der Waals surface area contributed by atoms with Crippen LogP contribution in [0.25, 0.3) is 22.2 Å². The molecule has 3 nitrogen and oxygen atoms in total. The van der Waals surface area contributed by atoms with Crippen molar-refractivity contribution in [3.8, 4) is 11.3 Å². The lowest BCUT2D eigenvalue weighted by Gasteiger charge is -2.34. The summed E-state index contributed by atoms with van der Waals surface area (Å²) in [6.45, 7) is 4.32. The predicted molar refractivity (Wildman–Crippen MR) is 90.9 cm³/mol. The van der Waals surface area contributed by atoms with E-state index in [0.717, 1.165) is 22.3 Å². The number of carboxylic acid groups (broad SMARTS) is 1. The van der Waals surface area contributed by atoms with Crippen LogP contribution in [0.2, 0.25) is 0 Å². The molecule has 0 fully saturated rings. The van der Waals surface area contributed by atoms with E-state index in [1.54, 1.807) is 0 Å². The van der Waals surface area contributed by atoms with Crippen LogP contribution in [0.5, 0.6) is 0 Å². The predicted octanol–water partition coefficient (Wildman–Crippen LogP) is 4.43.